The molecule has 0 aliphatic rings. The molecule has 2 rings (SSSR count). The highest BCUT2D eigenvalue weighted by Gasteiger charge is 2.00. The molecule has 2 aromatic carbocycles. The van der Waals surface area contributed by atoms with Crippen LogP contribution in [0, 0.1) is 0 Å². The monoisotopic (exact) mass is 277 g/mol. The molecule has 0 aliphatic heterocycles. The Morgan fingerprint density at radius 1 is 0.947 bits per heavy atom. The number of phenolic OH excluding ortho intramolecular Hbond substituents is 2. The lowest BCUT2D eigenvalue weighted by Crippen LogP contribution is -2.16. The molecule has 0 aromatic heterocycles. The molecule has 4 heteroatoms. The topological polar surface area (TPSA) is 52.5 Å². The lowest BCUT2D eigenvalue weighted by molar-refractivity contribution is 0.474. The molecule has 0 spiro atoms. The smallest absolute Gasteiger partial charge is 0.134 e. The minimum atomic E-state index is 0.106. The first-order chi connectivity index (χ1) is 9.15. The lowest BCUT2D eigenvalue weighted by Gasteiger charge is -2.06. The van der Waals surface area contributed by atoms with E-state index in [4.69, 9.17) is 11.6 Å². The fourth-order valence-corrected chi connectivity index (χ4v) is 1.99. The summed E-state index contributed by atoms with van der Waals surface area (Å²) in [4.78, 5) is 0. The molecule has 3 nitrogen and oxygen atoms in total. The minimum absolute atomic E-state index is 0.106. The summed E-state index contributed by atoms with van der Waals surface area (Å²) in [6.45, 7) is 1.54. The van der Waals surface area contributed by atoms with Crippen molar-refractivity contribution in [3.63, 3.8) is 0 Å². The number of nitrogens with one attached hydrogen (secondary N) is 1. The molecule has 0 heterocycles. The molecule has 0 fully saturated rings. The molecule has 100 valence electrons. The van der Waals surface area contributed by atoms with Crippen LogP contribution in [0.4, 0.5) is 0 Å². The molecule has 0 saturated heterocycles. The third kappa shape index (κ3) is 4.16. The van der Waals surface area contributed by atoms with Crippen LogP contribution in [0.3, 0.4) is 0 Å². The largest absolute Gasteiger partial charge is 0.508 e. The van der Waals surface area contributed by atoms with Crippen LogP contribution in [0.1, 0.15) is 11.1 Å². The molecule has 0 atom stereocenters. The number of benzene rings is 2. The third-order valence-corrected chi connectivity index (χ3v) is 3.17. The number of phenols is 2. The van der Waals surface area contributed by atoms with Crippen LogP contribution in [-0.2, 0) is 13.0 Å². The second kappa shape index (κ2) is 6.45. The summed E-state index contributed by atoms with van der Waals surface area (Å²) in [6.07, 6.45) is 0.895. The van der Waals surface area contributed by atoms with Crippen molar-refractivity contribution >= 4 is 11.6 Å². The van der Waals surface area contributed by atoms with Crippen molar-refractivity contribution in [2.24, 2.45) is 0 Å². The molecule has 19 heavy (non-hydrogen) atoms. The van der Waals surface area contributed by atoms with E-state index in [0.717, 1.165) is 18.5 Å². The van der Waals surface area contributed by atoms with Gasteiger partial charge in [0.1, 0.15) is 11.5 Å². The summed E-state index contributed by atoms with van der Waals surface area (Å²) in [7, 11) is 0. The van der Waals surface area contributed by atoms with Crippen LogP contribution in [0.15, 0.2) is 42.5 Å². The highest BCUT2D eigenvalue weighted by Crippen LogP contribution is 2.23. The standard InChI is InChI=1S/C15H16ClNO2/c16-14-9-12(3-6-15(14)19)10-17-8-7-11-1-4-13(18)5-2-11/h1-6,9,17-19H,7-8,10H2. The van der Waals surface area contributed by atoms with E-state index in [1.165, 1.54) is 5.56 Å². The molecule has 0 unspecified atom stereocenters. The molecule has 0 amide bonds. The predicted octanol–water partition coefficient (Wildman–Crippen LogP) is 3.08. The van der Waals surface area contributed by atoms with E-state index in [1.807, 2.05) is 18.2 Å². The zero-order chi connectivity index (χ0) is 13.7. The molecular formula is C15H16ClNO2. The fourth-order valence-electron chi connectivity index (χ4n) is 1.79. The Morgan fingerprint density at radius 3 is 2.32 bits per heavy atom. The first-order valence-electron chi connectivity index (χ1n) is 6.11. The van der Waals surface area contributed by atoms with E-state index >= 15 is 0 Å². The SMILES string of the molecule is Oc1ccc(CCNCc2ccc(O)c(Cl)c2)cc1. The van der Waals surface area contributed by atoms with Gasteiger partial charge in [-0.1, -0.05) is 29.8 Å². The number of aromatic hydroxyl groups is 2. The van der Waals surface area contributed by atoms with Crippen molar-refractivity contribution in [2.45, 2.75) is 13.0 Å². The van der Waals surface area contributed by atoms with E-state index in [1.54, 1.807) is 24.3 Å². The summed E-state index contributed by atoms with van der Waals surface area (Å²) >= 11 is 5.84. The molecular weight excluding hydrogens is 262 g/mol. The van der Waals surface area contributed by atoms with Crippen molar-refractivity contribution in [3.8, 4) is 11.5 Å². The quantitative estimate of drug-likeness (QED) is 0.736. The number of halogens is 1. The Balaban J connectivity index is 1.77. The summed E-state index contributed by atoms with van der Waals surface area (Å²) in [5.41, 5.74) is 2.21. The van der Waals surface area contributed by atoms with E-state index in [9.17, 15) is 10.2 Å². The second-order valence-electron chi connectivity index (χ2n) is 4.38. The number of rotatable bonds is 5. The van der Waals surface area contributed by atoms with Crippen molar-refractivity contribution in [2.75, 3.05) is 6.54 Å². The van der Waals surface area contributed by atoms with Crippen molar-refractivity contribution < 1.29 is 10.2 Å². The third-order valence-electron chi connectivity index (χ3n) is 2.87. The summed E-state index contributed by atoms with van der Waals surface area (Å²) < 4.78 is 0. The van der Waals surface area contributed by atoms with Crippen LogP contribution in [-0.4, -0.2) is 16.8 Å². The van der Waals surface area contributed by atoms with Gasteiger partial charge in [-0.05, 0) is 48.4 Å². The maximum atomic E-state index is 9.31. The summed E-state index contributed by atoms with van der Waals surface area (Å²) in [6, 6.07) is 12.4. The fraction of sp³-hybridized carbons (Fsp3) is 0.200. The van der Waals surface area contributed by atoms with Gasteiger partial charge in [0.25, 0.3) is 0 Å². The maximum Gasteiger partial charge on any atom is 0.134 e. The highest BCUT2D eigenvalue weighted by molar-refractivity contribution is 6.32. The highest BCUT2D eigenvalue weighted by atomic mass is 35.5. The molecule has 0 radical (unpaired) electrons. The normalized spacial score (nSPS) is 10.6. The molecule has 2 aromatic rings. The van der Waals surface area contributed by atoms with Crippen molar-refractivity contribution in [1.29, 1.82) is 0 Å². The van der Waals surface area contributed by atoms with Gasteiger partial charge in [-0.2, -0.15) is 0 Å². The first kappa shape index (κ1) is 13.7. The second-order valence-corrected chi connectivity index (χ2v) is 4.79. The van der Waals surface area contributed by atoms with Crippen molar-refractivity contribution in [1.82, 2.24) is 5.32 Å². The Hall–Kier alpha value is -1.71. The Morgan fingerprint density at radius 2 is 1.63 bits per heavy atom. The Labute approximate surface area is 117 Å². The average Bonchev–Trinajstić information content (AvgIpc) is 2.41. The molecule has 0 aliphatic carbocycles. The van der Waals surface area contributed by atoms with Crippen LogP contribution in [0.5, 0.6) is 11.5 Å². The number of hydrogen-bond acceptors (Lipinski definition) is 3. The van der Waals surface area contributed by atoms with Crippen LogP contribution in [0.25, 0.3) is 0 Å². The molecule has 0 bridgehead atoms. The van der Waals surface area contributed by atoms with Crippen LogP contribution >= 0.6 is 11.6 Å². The maximum absolute atomic E-state index is 9.31. The summed E-state index contributed by atoms with van der Waals surface area (Å²) in [5, 5.41) is 22.2. The van der Waals surface area contributed by atoms with E-state index in [-0.39, 0.29) is 11.5 Å². The van der Waals surface area contributed by atoms with Gasteiger partial charge < -0.3 is 15.5 Å². The lowest BCUT2D eigenvalue weighted by atomic mass is 10.1. The van der Waals surface area contributed by atoms with Gasteiger partial charge in [-0.15, -0.1) is 0 Å². The molecule has 0 saturated carbocycles. The van der Waals surface area contributed by atoms with E-state index in [0.29, 0.717) is 11.6 Å². The average molecular weight is 278 g/mol. The van der Waals surface area contributed by atoms with Crippen LogP contribution < -0.4 is 5.32 Å². The zero-order valence-electron chi connectivity index (χ0n) is 10.4. The van der Waals surface area contributed by atoms with Gasteiger partial charge in [0.15, 0.2) is 0 Å². The van der Waals surface area contributed by atoms with Gasteiger partial charge in [-0.3, -0.25) is 0 Å². The van der Waals surface area contributed by atoms with Gasteiger partial charge in [0.2, 0.25) is 0 Å². The Bertz CT molecular complexity index is 540. The van der Waals surface area contributed by atoms with Crippen molar-refractivity contribution in [3.05, 3.63) is 58.6 Å². The van der Waals surface area contributed by atoms with Gasteiger partial charge >= 0.3 is 0 Å². The van der Waals surface area contributed by atoms with Crippen LogP contribution in [0.2, 0.25) is 5.02 Å². The first-order valence-corrected chi connectivity index (χ1v) is 6.49. The number of hydrogen-bond donors (Lipinski definition) is 3. The van der Waals surface area contributed by atoms with E-state index in [2.05, 4.69) is 5.32 Å². The Kier molecular flexibility index (Phi) is 4.66. The van der Waals surface area contributed by atoms with Gasteiger partial charge in [-0.25, -0.2) is 0 Å². The molecule has 3 N–H and O–H groups in total. The minimum Gasteiger partial charge on any atom is -0.508 e. The summed E-state index contributed by atoms with van der Waals surface area (Å²) in [5.74, 6) is 0.393. The van der Waals surface area contributed by atoms with Gasteiger partial charge in [0, 0.05) is 6.54 Å². The van der Waals surface area contributed by atoms with E-state index < -0.39 is 0 Å². The zero-order valence-corrected chi connectivity index (χ0v) is 11.2. The van der Waals surface area contributed by atoms with Gasteiger partial charge in [0.05, 0.1) is 5.02 Å². The predicted molar refractivity (Wildman–Crippen MR) is 76.6 cm³/mol.